The van der Waals surface area contributed by atoms with Crippen LogP contribution in [0.5, 0.6) is 0 Å². The largest absolute Gasteiger partial charge is 0.481 e. The van der Waals surface area contributed by atoms with Crippen molar-refractivity contribution < 1.29 is 20.0 Å². The molecule has 0 aliphatic heterocycles. The predicted molar refractivity (Wildman–Crippen MR) is 108 cm³/mol. The average molecular weight is 363 g/mol. The quantitative estimate of drug-likeness (QED) is 0.112. The van der Waals surface area contributed by atoms with Gasteiger partial charge in [0.2, 0.25) is 0 Å². The lowest BCUT2D eigenvalue weighted by atomic mass is 10.1. The highest BCUT2D eigenvalue weighted by Crippen LogP contribution is 2.04. The van der Waals surface area contributed by atoms with E-state index in [-0.39, 0.29) is 12.5 Å². The highest BCUT2D eigenvalue weighted by Gasteiger charge is 1.99. The molecular weight excluding hydrogens is 328 g/mol. The Morgan fingerprint density at radius 2 is 1.65 bits per heavy atom. The van der Waals surface area contributed by atoms with Crippen molar-refractivity contribution in [3.63, 3.8) is 0 Å². The topological polar surface area (TPSA) is 66.8 Å². The average Bonchev–Trinajstić information content (AvgIpc) is 2.63. The Morgan fingerprint density at radius 3 is 2.38 bits per heavy atom. The summed E-state index contributed by atoms with van der Waals surface area (Å²) in [5, 5.41) is 17.4. The lowest BCUT2D eigenvalue weighted by molar-refractivity contribution is -0.264. The third kappa shape index (κ3) is 18.4. The van der Waals surface area contributed by atoms with E-state index in [4.69, 9.17) is 10.4 Å². The van der Waals surface area contributed by atoms with Crippen molar-refractivity contribution in [2.45, 2.75) is 70.8 Å². The third-order valence-electron chi connectivity index (χ3n) is 3.62. The summed E-state index contributed by atoms with van der Waals surface area (Å²) in [6, 6.07) is 0. The molecule has 0 aromatic rings. The van der Waals surface area contributed by atoms with Crippen LogP contribution in [0.4, 0.5) is 0 Å². The Morgan fingerprint density at radius 1 is 0.923 bits per heavy atom. The van der Waals surface area contributed by atoms with Crippen LogP contribution in [-0.2, 0) is 9.68 Å². The van der Waals surface area contributed by atoms with Crippen LogP contribution in [0.2, 0.25) is 0 Å². The second-order valence-corrected chi connectivity index (χ2v) is 5.98. The fraction of sp³-hybridized carbons (Fsp3) is 0.500. The van der Waals surface area contributed by atoms with Crippen molar-refractivity contribution in [1.29, 1.82) is 0 Å². The van der Waals surface area contributed by atoms with Gasteiger partial charge >= 0.3 is 5.97 Å². The van der Waals surface area contributed by atoms with Gasteiger partial charge in [-0.2, -0.15) is 0 Å². The number of hydrogen-bond acceptors (Lipinski definition) is 3. The minimum absolute atomic E-state index is 0.267. The summed E-state index contributed by atoms with van der Waals surface area (Å²) in [7, 11) is 0. The number of aliphatic carboxylic acids is 1. The van der Waals surface area contributed by atoms with E-state index < -0.39 is 5.97 Å². The summed E-state index contributed by atoms with van der Waals surface area (Å²) in [6.45, 7) is 2.11. The summed E-state index contributed by atoms with van der Waals surface area (Å²) in [4.78, 5) is 14.8. The highest BCUT2D eigenvalue weighted by atomic mass is 17.1. The summed E-state index contributed by atoms with van der Waals surface area (Å²) >= 11 is 0. The van der Waals surface area contributed by atoms with Gasteiger partial charge in [-0.15, -0.1) is 0 Å². The van der Waals surface area contributed by atoms with E-state index >= 15 is 0 Å². The molecule has 0 rings (SSSR count). The molecule has 26 heavy (non-hydrogen) atoms. The van der Waals surface area contributed by atoms with E-state index in [1.165, 1.54) is 0 Å². The normalized spacial score (nSPS) is 13.9. The molecule has 0 aromatic heterocycles. The van der Waals surface area contributed by atoms with Crippen LogP contribution < -0.4 is 0 Å². The second-order valence-electron chi connectivity index (χ2n) is 5.98. The summed E-state index contributed by atoms with van der Waals surface area (Å²) < 4.78 is 0. The predicted octanol–water partition coefficient (Wildman–Crippen LogP) is 6.24. The monoisotopic (exact) mass is 362 g/mol. The van der Waals surface area contributed by atoms with Gasteiger partial charge in [-0.3, -0.25) is 10.1 Å². The van der Waals surface area contributed by atoms with Crippen LogP contribution in [0.3, 0.4) is 0 Å². The van der Waals surface area contributed by atoms with Crippen molar-refractivity contribution in [3.8, 4) is 0 Å². The number of carboxylic acid groups (broad SMARTS) is 1. The van der Waals surface area contributed by atoms with Crippen LogP contribution in [0.1, 0.15) is 64.7 Å². The van der Waals surface area contributed by atoms with Crippen LogP contribution in [0.25, 0.3) is 0 Å². The fourth-order valence-electron chi connectivity index (χ4n) is 2.18. The third-order valence-corrected chi connectivity index (χ3v) is 3.62. The molecule has 0 aliphatic carbocycles. The van der Waals surface area contributed by atoms with Crippen LogP contribution in [-0.4, -0.2) is 22.4 Å². The number of carbonyl (C=O) groups is 1. The van der Waals surface area contributed by atoms with Crippen molar-refractivity contribution in [1.82, 2.24) is 0 Å². The molecule has 0 saturated heterocycles. The van der Waals surface area contributed by atoms with E-state index in [2.05, 4.69) is 42.2 Å². The van der Waals surface area contributed by atoms with E-state index in [1.807, 2.05) is 30.4 Å². The standard InChI is InChI=1S/C22H34O4/c1-2-3-4-5-12-15-18-21(26-25)19-16-13-10-8-6-7-9-11-14-17-20-22(23)24/h3-4,6-7,10,12-13,15-16,19,21,25H,2,5,8-9,11,14,17-18,20H2,1H3,(H,23,24)/b4-3-,7-6-,13-10-,15-12-,19-16+. The maximum Gasteiger partial charge on any atom is 0.303 e. The number of carboxylic acids is 1. The molecule has 4 nitrogen and oxygen atoms in total. The van der Waals surface area contributed by atoms with Crippen LogP contribution in [0.15, 0.2) is 60.8 Å². The van der Waals surface area contributed by atoms with Crippen molar-refractivity contribution in [2.24, 2.45) is 0 Å². The molecule has 0 spiro atoms. The van der Waals surface area contributed by atoms with Crippen molar-refractivity contribution in [3.05, 3.63) is 60.8 Å². The maximum absolute atomic E-state index is 10.4. The highest BCUT2D eigenvalue weighted by molar-refractivity contribution is 5.66. The fourth-order valence-corrected chi connectivity index (χ4v) is 2.18. The zero-order chi connectivity index (χ0) is 19.3. The van der Waals surface area contributed by atoms with Gasteiger partial charge in [0.1, 0.15) is 6.10 Å². The molecule has 0 aliphatic rings. The summed E-state index contributed by atoms with van der Waals surface area (Å²) in [6.07, 6.45) is 27.4. The van der Waals surface area contributed by atoms with Gasteiger partial charge in [0.05, 0.1) is 0 Å². The molecule has 4 heteroatoms. The molecule has 0 radical (unpaired) electrons. The van der Waals surface area contributed by atoms with E-state index in [1.54, 1.807) is 0 Å². The first-order valence-corrected chi connectivity index (χ1v) is 9.51. The second kappa shape index (κ2) is 19.4. The first-order valence-electron chi connectivity index (χ1n) is 9.51. The molecule has 1 atom stereocenters. The smallest absolute Gasteiger partial charge is 0.303 e. The molecule has 0 fully saturated rings. The Labute approximate surface area is 158 Å². The molecule has 0 aromatic carbocycles. The van der Waals surface area contributed by atoms with E-state index in [9.17, 15) is 4.79 Å². The Hall–Kier alpha value is -1.91. The van der Waals surface area contributed by atoms with Crippen LogP contribution in [0, 0.1) is 0 Å². The molecular formula is C22H34O4. The molecule has 146 valence electrons. The van der Waals surface area contributed by atoms with Gasteiger partial charge in [0.25, 0.3) is 0 Å². The molecule has 0 heterocycles. The van der Waals surface area contributed by atoms with Crippen LogP contribution >= 0.6 is 0 Å². The van der Waals surface area contributed by atoms with Gasteiger partial charge < -0.3 is 5.11 Å². The zero-order valence-electron chi connectivity index (χ0n) is 15.9. The van der Waals surface area contributed by atoms with Gasteiger partial charge in [-0.25, -0.2) is 4.89 Å². The first-order chi connectivity index (χ1) is 12.7. The number of rotatable bonds is 16. The first kappa shape index (κ1) is 24.1. The molecule has 0 amide bonds. The van der Waals surface area contributed by atoms with Crippen molar-refractivity contribution in [2.75, 3.05) is 0 Å². The molecule has 2 N–H and O–H groups in total. The molecule has 0 saturated carbocycles. The summed E-state index contributed by atoms with van der Waals surface area (Å²) in [5.41, 5.74) is 0. The summed E-state index contributed by atoms with van der Waals surface area (Å²) in [5.74, 6) is -0.715. The number of unbranched alkanes of at least 4 members (excludes halogenated alkanes) is 3. The number of allylic oxidation sites excluding steroid dienone is 8. The van der Waals surface area contributed by atoms with E-state index in [0.29, 0.717) is 6.42 Å². The van der Waals surface area contributed by atoms with Gasteiger partial charge in [-0.05, 0) is 44.9 Å². The van der Waals surface area contributed by atoms with Gasteiger partial charge in [-0.1, -0.05) is 74.1 Å². The zero-order valence-corrected chi connectivity index (χ0v) is 15.9. The minimum atomic E-state index is -0.715. The number of hydrogen-bond donors (Lipinski definition) is 2. The minimum Gasteiger partial charge on any atom is -0.481 e. The molecule has 0 bridgehead atoms. The SMILES string of the molecule is CC/C=C\C/C=C\CC(/C=C/C=C\C/C=C\CCCCCC(=O)O)OO. The maximum atomic E-state index is 10.4. The van der Waals surface area contributed by atoms with E-state index in [0.717, 1.165) is 44.9 Å². The van der Waals surface area contributed by atoms with Gasteiger partial charge in [0, 0.05) is 6.42 Å². The lowest BCUT2D eigenvalue weighted by Gasteiger charge is -2.03. The Balaban J connectivity index is 3.77. The Bertz CT molecular complexity index is 473. The molecule has 1 unspecified atom stereocenters. The van der Waals surface area contributed by atoms with Gasteiger partial charge in [0.15, 0.2) is 0 Å². The van der Waals surface area contributed by atoms with Crippen molar-refractivity contribution >= 4 is 5.97 Å². The Kier molecular flexibility index (Phi) is 18.0. The lowest BCUT2D eigenvalue weighted by Crippen LogP contribution is -2.04.